The van der Waals surface area contributed by atoms with Gasteiger partial charge in [0, 0.05) is 12.6 Å². The smallest absolute Gasteiger partial charge is 0.407 e. The van der Waals surface area contributed by atoms with Crippen LogP contribution in [0.1, 0.15) is 39.7 Å². The summed E-state index contributed by atoms with van der Waals surface area (Å²) in [7, 11) is 0. The lowest BCUT2D eigenvalue weighted by Crippen LogP contribution is -2.37. The number of carbonyl (C=O) groups is 2. The van der Waals surface area contributed by atoms with E-state index in [0.717, 1.165) is 5.56 Å². The van der Waals surface area contributed by atoms with Crippen molar-refractivity contribution in [1.82, 2.24) is 10.6 Å². The molecule has 2 N–H and O–H groups in total. The zero-order chi connectivity index (χ0) is 18.0. The van der Waals surface area contributed by atoms with Gasteiger partial charge in [-0.1, -0.05) is 30.3 Å². The molecule has 24 heavy (non-hydrogen) atoms. The molecule has 0 unspecified atom stereocenters. The molecule has 1 aromatic carbocycles. The van der Waals surface area contributed by atoms with Crippen LogP contribution in [-0.4, -0.2) is 36.8 Å². The maximum absolute atomic E-state index is 11.7. The van der Waals surface area contributed by atoms with E-state index in [1.54, 1.807) is 0 Å². The van der Waals surface area contributed by atoms with E-state index in [0.29, 0.717) is 13.0 Å². The molecule has 0 radical (unpaired) electrons. The summed E-state index contributed by atoms with van der Waals surface area (Å²) < 4.78 is 10.3. The second-order valence-corrected chi connectivity index (χ2v) is 6.65. The average Bonchev–Trinajstić information content (AvgIpc) is 2.50. The summed E-state index contributed by atoms with van der Waals surface area (Å²) in [5, 5.41) is 5.76. The van der Waals surface area contributed by atoms with Crippen molar-refractivity contribution in [3.63, 3.8) is 0 Å². The van der Waals surface area contributed by atoms with E-state index in [9.17, 15) is 9.59 Å². The third-order valence-corrected chi connectivity index (χ3v) is 3.08. The van der Waals surface area contributed by atoms with Gasteiger partial charge < -0.3 is 20.1 Å². The number of hydrogen-bond acceptors (Lipinski definition) is 5. The minimum Gasteiger partial charge on any atom is -0.460 e. The van der Waals surface area contributed by atoms with E-state index in [2.05, 4.69) is 10.6 Å². The summed E-state index contributed by atoms with van der Waals surface area (Å²) in [5.74, 6) is -0.300. The number of carbonyl (C=O) groups excluding carboxylic acids is 2. The highest BCUT2D eigenvalue weighted by atomic mass is 16.6. The Morgan fingerprint density at radius 1 is 1.17 bits per heavy atom. The third-order valence-electron chi connectivity index (χ3n) is 3.08. The summed E-state index contributed by atoms with van der Waals surface area (Å²) in [6.45, 7) is 8.28. The van der Waals surface area contributed by atoms with Crippen molar-refractivity contribution in [1.29, 1.82) is 0 Å². The predicted molar refractivity (Wildman–Crippen MR) is 92.6 cm³/mol. The van der Waals surface area contributed by atoms with Gasteiger partial charge in [-0.15, -0.1) is 0 Å². The lowest BCUT2D eigenvalue weighted by Gasteiger charge is -2.20. The molecule has 0 saturated heterocycles. The van der Waals surface area contributed by atoms with Crippen molar-refractivity contribution < 1.29 is 19.1 Å². The molecule has 0 fully saturated rings. The molecule has 1 amide bonds. The molecule has 0 bridgehead atoms. The highest BCUT2D eigenvalue weighted by molar-refractivity contribution is 5.71. The van der Waals surface area contributed by atoms with E-state index in [-0.39, 0.29) is 25.2 Å². The minimum atomic E-state index is -0.504. The Hall–Kier alpha value is -2.08. The van der Waals surface area contributed by atoms with Gasteiger partial charge in [0.05, 0.1) is 6.54 Å². The third kappa shape index (κ3) is 9.84. The highest BCUT2D eigenvalue weighted by Crippen LogP contribution is 2.06. The highest BCUT2D eigenvalue weighted by Gasteiger charge is 2.15. The van der Waals surface area contributed by atoms with Crippen LogP contribution in [0.3, 0.4) is 0 Å². The Bertz CT molecular complexity index is 512. The lowest BCUT2D eigenvalue weighted by atomic mass is 10.2. The zero-order valence-electron chi connectivity index (χ0n) is 14.9. The van der Waals surface area contributed by atoms with E-state index in [4.69, 9.17) is 9.47 Å². The number of amides is 1. The van der Waals surface area contributed by atoms with Crippen LogP contribution in [-0.2, 0) is 20.9 Å². The van der Waals surface area contributed by atoms with Gasteiger partial charge in [0.1, 0.15) is 12.2 Å². The summed E-state index contributed by atoms with van der Waals surface area (Å²) in [5.41, 5.74) is 0.455. The fourth-order valence-electron chi connectivity index (χ4n) is 1.85. The standard InChI is InChI=1S/C18H28N2O4/c1-14(10-11-19-17(22)24-18(2,3)4)20-12-16(21)23-13-15-8-6-5-7-9-15/h5-9,14,20H,10-13H2,1-4H3,(H,19,22)/t14-/m0/s1. The molecule has 0 aliphatic carbocycles. The van der Waals surface area contributed by atoms with Gasteiger partial charge in [-0.25, -0.2) is 4.79 Å². The first-order valence-corrected chi connectivity index (χ1v) is 8.16. The van der Waals surface area contributed by atoms with Crippen LogP contribution in [0.2, 0.25) is 0 Å². The Labute approximate surface area is 143 Å². The van der Waals surface area contributed by atoms with Crippen LogP contribution >= 0.6 is 0 Å². The van der Waals surface area contributed by atoms with Gasteiger partial charge in [0.2, 0.25) is 0 Å². The zero-order valence-corrected chi connectivity index (χ0v) is 14.9. The Kier molecular flexibility index (Phi) is 8.26. The van der Waals surface area contributed by atoms with Crippen LogP contribution < -0.4 is 10.6 Å². The maximum atomic E-state index is 11.7. The number of rotatable bonds is 8. The SMILES string of the molecule is C[C@@H](CCNC(=O)OC(C)(C)C)NCC(=O)OCc1ccccc1. The quantitative estimate of drug-likeness (QED) is 0.714. The Balaban J connectivity index is 2.11. The largest absolute Gasteiger partial charge is 0.460 e. The summed E-state index contributed by atoms with van der Waals surface area (Å²) >= 11 is 0. The number of esters is 1. The number of nitrogens with one attached hydrogen (secondary N) is 2. The molecule has 0 aromatic heterocycles. The number of alkyl carbamates (subject to hydrolysis) is 1. The molecule has 1 atom stereocenters. The monoisotopic (exact) mass is 336 g/mol. The first-order valence-electron chi connectivity index (χ1n) is 8.16. The van der Waals surface area contributed by atoms with Gasteiger partial charge in [0.25, 0.3) is 0 Å². The van der Waals surface area contributed by atoms with Crippen molar-refractivity contribution in [2.75, 3.05) is 13.1 Å². The predicted octanol–water partition coefficient (Wildman–Crippen LogP) is 2.62. The van der Waals surface area contributed by atoms with Crippen molar-refractivity contribution >= 4 is 12.1 Å². The summed E-state index contributed by atoms with van der Waals surface area (Å²) in [6.07, 6.45) is 0.252. The molecule has 6 nitrogen and oxygen atoms in total. The molecule has 0 spiro atoms. The maximum Gasteiger partial charge on any atom is 0.407 e. The van der Waals surface area contributed by atoms with Crippen molar-refractivity contribution in [3.8, 4) is 0 Å². The van der Waals surface area contributed by atoms with Crippen LogP contribution in [0.15, 0.2) is 30.3 Å². The van der Waals surface area contributed by atoms with Gasteiger partial charge >= 0.3 is 12.1 Å². The molecule has 1 aromatic rings. The van der Waals surface area contributed by atoms with Crippen molar-refractivity contribution in [3.05, 3.63) is 35.9 Å². The van der Waals surface area contributed by atoms with Crippen molar-refractivity contribution in [2.24, 2.45) is 0 Å². The number of hydrogen-bond donors (Lipinski definition) is 2. The summed E-state index contributed by atoms with van der Waals surface area (Å²) in [6, 6.07) is 9.61. The van der Waals surface area contributed by atoms with Gasteiger partial charge in [-0.05, 0) is 39.7 Å². The Morgan fingerprint density at radius 2 is 1.83 bits per heavy atom. The van der Waals surface area contributed by atoms with Crippen LogP contribution in [0, 0.1) is 0 Å². The fraction of sp³-hybridized carbons (Fsp3) is 0.556. The normalized spacial score (nSPS) is 12.3. The molecule has 1 rings (SSSR count). The number of benzene rings is 1. The number of ether oxygens (including phenoxy) is 2. The van der Waals surface area contributed by atoms with Crippen LogP contribution in [0.25, 0.3) is 0 Å². The molecular formula is C18H28N2O4. The molecule has 0 heterocycles. The second kappa shape index (κ2) is 9.93. The molecule has 6 heteroatoms. The Morgan fingerprint density at radius 3 is 2.46 bits per heavy atom. The van der Waals surface area contributed by atoms with Gasteiger partial charge in [-0.2, -0.15) is 0 Å². The lowest BCUT2D eigenvalue weighted by molar-refractivity contribution is -0.144. The van der Waals surface area contributed by atoms with Gasteiger partial charge in [-0.3, -0.25) is 4.79 Å². The molecule has 0 aliphatic rings. The second-order valence-electron chi connectivity index (χ2n) is 6.65. The topological polar surface area (TPSA) is 76.7 Å². The first-order chi connectivity index (χ1) is 11.3. The molecule has 0 aliphatic heterocycles. The molecule has 0 saturated carbocycles. The van der Waals surface area contributed by atoms with E-state index < -0.39 is 11.7 Å². The molecule has 134 valence electrons. The van der Waals surface area contributed by atoms with Crippen LogP contribution in [0.4, 0.5) is 4.79 Å². The van der Waals surface area contributed by atoms with Crippen LogP contribution in [0.5, 0.6) is 0 Å². The molecular weight excluding hydrogens is 308 g/mol. The van der Waals surface area contributed by atoms with E-state index >= 15 is 0 Å². The minimum absolute atomic E-state index is 0.0733. The van der Waals surface area contributed by atoms with Crippen molar-refractivity contribution in [2.45, 2.75) is 52.4 Å². The van der Waals surface area contributed by atoms with E-state index in [1.807, 2.05) is 58.0 Å². The van der Waals surface area contributed by atoms with E-state index in [1.165, 1.54) is 0 Å². The average molecular weight is 336 g/mol. The summed E-state index contributed by atoms with van der Waals surface area (Å²) in [4.78, 5) is 23.2. The first kappa shape index (κ1) is 20.0. The fourth-order valence-corrected chi connectivity index (χ4v) is 1.85. The van der Waals surface area contributed by atoms with Gasteiger partial charge in [0.15, 0.2) is 0 Å².